The van der Waals surface area contributed by atoms with Crippen molar-refractivity contribution in [2.24, 2.45) is 0 Å². The molecule has 0 spiro atoms. The molecule has 0 amide bonds. The Hall–Kier alpha value is -0.180. The quantitative estimate of drug-likeness (QED) is 0.502. The Labute approximate surface area is 47.2 Å². The van der Waals surface area contributed by atoms with E-state index in [2.05, 4.69) is 4.74 Å². The highest BCUT2D eigenvalue weighted by atomic mass is 32.2. The first kappa shape index (κ1) is 6.82. The first-order valence-electron chi connectivity index (χ1n) is 1.89. The lowest BCUT2D eigenvalue weighted by Crippen LogP contribution is -1.92. The molecule has 0 aromatic heterocycles. The van der Waals surface area contributed by atoms with Gasteiger partial charge < -0.3 is 4.74 Å². The first-order chi connectivity index (χ1) is 3.41. The Balaban J connectivity index is 2.56. The van der Waals surface area contributed by atoms with Gasteiger partial charge in [0, 0.05) is 5.75 Å². The molecule has 0 bridgehead atoms. The molecule has 0 atom stereocenters. The Kier molecular flexibility index (Phi) is 5.67. The van der Waals surface area contributed by atoms with Gasteiger partial charge in [0.1, 0.15) is 6.61 Å². The molecule has 0 aromatic rings. The maximum atomic E-state index is 9.32. The number of hydrogen-bond acceptors (Lipinski definition) is 3. The minimum atomic E-state index is 0.477. The zero-order valence-electron chi connectivity index (χ0n) is 4.14. The maximum absolute atomic E-state index is 9.32. The van der Waals surface area contributed by atoms with E-state index in [-0.39, 0.29) is 0 Å². The standard InChI is InChI=1S/C4H7O2S/c1-7-3-2-6-4-5/h2-3H2,1H3. The van der Waals surface area contributed by atoms with Gasteiger partial charge in [0.15, 0.2) is 0 Å². The minimum absolute atomic E-state index is 0.477. The summed E-state index contributed by atoms with van der Waals surface area (Å²) in [4.78, 5) is 9.32. The minimum Gasteiger partial charge on any atom is -0.456 e. The molecule has 0 N–H and O–H groups in total. The Morgan fingerprint density at radius 1 is 1.86 bits per heavy atom. The van der Waals surface area contributed by atoms with Crippen LogP contribution in [0.4, 0.5) is 0 Å². The van der Waals surface area contributed by atoms with Crippen molar-refractivity contribution >= 4 is 18.2 Å². The zero-order chi connectivity index (χ0) is 5.54. The summed E-state index contributed by atoms with van der Waals surface area (Å²) < 4.78 is 4.25. The number of hydrogen-bond donors (Lipinski definition) is 0. The Morgan fingerprint density at radius 3 is 3.00 bits per heavy atom. The average molecular weight is 119 g/mol. The molecule has 0 heterocycles. The van der Waals surface area contributed by atoms with Gasteiger partial charge in [-0.05, 0) is 6.26 Å². The fraction of sp³-hybridized carbons (Fsp3) is 0.750. The smallest absolute Gasteiger partial charge is 0.417 e. The molecule has 0 aromatic carbocycles. The van der Waals surface area contributed by atoms with Crippen LogP contribution in [0.5, 0.6) is 0 Å². The van der Waals surface area contributed by atoms with Crippen molar-refractivity contribution < 1.29 is 9.53 Å². The summed E-state index contributed by atoms with van der Waals surface area (Å²) in [6.45, 7) is 1.82. The second-order valence-electron chi connectivity index (χ2n) is 0.925. The molecule has 0 rings (SSSR count). The highest BCUT2D eigenvalue weighted by Crippen LogP contribution is 1.88. The van der Waals surface area contributed by atoms with Gasteiger partial charge in [0.2, 0.25) is 0 Å². The van der Waals surface area contributed by atoms with Crippen LogP contribution in [0.15, 0.2) is 0 Å². The molecule has 1 radical (unpaired) electrons. The van der Waals surface area contributed by atoms with Crippen LogP contribution in [0.2, 0.25) is 0 Å². The Morgan fingerprint density at radius 2 is 2.57 bits per heavy atom. The molecule has 41 valence electrons. The van der Waals surface area contributed by atoms with Gasteiger partial charge in [-0.25, -0.2) is 4.79 Å². The van der Waals surface area contributed by atoms with Crippen molar-refractivity contribution in [2.75, 3.05) is 18.6 Å². The van der Waals surface area contributed by atoms with Gasteiger partial charge in [-0.15, -0.1) is 0 Å². The number of thioether (sulfide) groups is 1. The first-order valence-corrected chi connectivity index (χ1v) is 3.29. The van der Waals surface area contributed by atoms with Crippen molar-refractivity contribution in [1.29, 1.82) is 0 Å². The third kappa shape index (κ3) is 5.82. The monoisotopic (exact) mass is 119 g/mol. The van der Waals surface area contributed by atoms with Crippen LogP contribution >= 0.6 is 11.8 Å². The van der Waals surface area contributed by atoms with Gasteiger partial charge in [0.25, 0.3) is 0 Å². The van der Waals surface area contributed by atoms with E-state index in [1.54, 1.807) is 11.8 Å². The summed E-state index contributed by atoms with van der Waals surface area (Å²) in [5.74, 6) is 0.856. The van der Waals surface area contributed by atoms with Crippen LogP contribution in [0.1, 0.15) is 0 Å². The molecule has 0 aliphatic carbocycles. The molecular formula is C4H7O2S. The molecule has 7 heavy (non-hydrogen) atoms. The predicted molar refractivity (Wildman–Crippen MR) is 30.0 cm³/mol. The van der Waals surface area contributed by atoms with Crippen molar-refractivity contribution in [2.45, 2.75) is 0 Å². The maximum Gasteiger partial charge on any atom is 0.417 e. The fourth-order valence-electron chi connectivity index (χ4n) is 0.167. The number of carbonyl (C=O) groups excluding carboxylic acids is 1. The van der Waals surface area contributed by atoms with E-state index in [0.717, 1.165) is 5.75 Å². The fourth-order valence-corrected chi connectivity index (χ4v) is 0.417. The third-order valence-corrected chi connectivity index (χ3v) is 1.02. The summed E-state index contributed by atoms with van der Waals surface area (Å²) >= 11 is 1.64. The molecular weight excluding hydrogens is 112 g/mol. The molecule has 0 saturated carbocycles. The van der Waals surface area contributed by atoms with E-state index in [1.807, 2.05) is 6.26 Å². The van der Waals surface area contributed by atoms with Crippen LogP contribution < -0.4 is 0 Å². The number of rotatable bonds is 4. The summed E-state index contributed by atoms with van der Waals surface area (Å²) in [5, 5.41) is 0. The molecule has 0 fully saturated rings. The van der Waals surface area contributed by atoms with Crippen molar-refractivity contribution in [3.63, 3.8) is 0 Å². The summed E-state index contributed by atoms with van der Waals surface area (Å²) in [5.41, 5.74) is 0. The summed E-state index contributed by atoms with van der Waals surface area (Å²) in [7, 11) is 0. The van der Waals surface area contributed by atoms with Gasteiger partial charge >= 0.3 is 6.47 Å². The van der Waals surface area contributed by atoms with Crippen LogP contribution in [-0.4, -0.2) is 25.1 Å². The van der Waals surface area contributed by atoms with Crippen molar-refractivity contribution in [3.05, 3.63) is 0 Å². The van der Waals surface area contributed by atoms with Crippen molar-refractivity contribution in [3.8, 4) is 0 Å². The van der Waals surface area contributed by atoms with Gasteiger partial charge in [0.05, 0.1) is 0 Å². The van der Waals surface area contributed by atoms with Crippen LogP contribution in [-0.2, 0) is 9.53 Å². The van der Waals surface area contributed by atoms with E-state index in [0.29, 0.717) is 6.61 Å². The lowest BCUT2D eigenvalue weighted by molar-refractivity contribution is 0.299. The van der Waals surface area contributed by atoms with Crippen molar-refractivity contribution in [1.82, 2.24) is 0 Å². The average Bonchev–Trinajstić information content (AvgIpc) is 1.69. The SMILES string of the molecule is CSCCO[C]=O. The van der Waals surface area contributed by atoms with Crippen LogP contribution in [0.3, 0.4) is 0 Å². The Bertz CT molecular complexity index is 47.0. The van der Waals surface area contributed by atoms with Crippen LogP contribution in [0.25, 0.3) is 0 Å². The van der Waals surface area contributed by atoms with E-state index in [1.165, 1.54) is 6.47 Å². The second kappa shape index (κ2) is 5.82. The zero-order valence-corrected chi connectivity index (χ0v) is 4.96. The molecule has 2 nitrogen and oxygen atoms in total. The highest BCUT2D eigenvalue weighted by molar-refractivity contribution is 7.98. The summed E-state index contributed by atoms with van der Waals surface area (Å²) in [6, 6.07) is 0. The van der Waals surface area contributed by atoms with Crippen LogP contribution in [0, 0.1) is 0 Å². The predicted octanol–water partition coefficient (Wildman–Crippen LogP) is 0.433. The topological polar surface area (TPSA) is 26.3 Å². The largest absolute Gasteiger partial charge is 0.456 e. The second-order valence-corrected chi connectivity index (χ2v) is 1.91. The van der Waals surface area contributed by atoms with Gasteiger partial charge in [-0.2, -0.15) is 11.8 Å². The molecule has 0 saturated heterocycles. The van der Waals surface area contributed by atoms with E-state index in [4.69, 9.17) is 0 Å². The molecule has 3 heteroatoms. The van der Waals surface area contributed by atoms with Gasteiger partial charge in [-0.1, -0.05) is 0 Å². The normalized spacial score (nSPS) is 8.14. The molecule has 0 unspecified atom stereocenters. The third-order valence-electron chi connectivity index (χ3n) is 0.448. The molecule has 0 aliphatic heterocycles. The van der Waals surface area contributed by atoms with E-state index >= 15 is 0 Å². The molecule has 0 aliphatic rings. The lowest BCUT2D eigenvalue weighted by atomic mass is 10.9. The summed E-state index contributed by atoms with van der Waals surface area (Å²) in [6.07, 6.45) is 1.95. The number of ether oxygens (including phenoxy) is 1. The highest BCUT2D eigenvalue weighted by Gasteiger charge is 1.79. The van der Waals surface area contributed by atoms with Gasteiger partial charge in [-0.3, -0.25) is 0 Å². The lowest BCUT2D eigenvalue weighted by Gasteiger charge is -1.89. The van der Waals surface area contributed by atoms with E-state index in [9.17, 15) is 4.79 Å². The van der Waals surface area contributed by atoms with E-state index < -0.39 is 0 Å².